The van der Waals surface area contributed by atoms with Gasteiger partial charge >= 0.3 is 6.18 Å². The Morgan fingerprint density at radius 1 is 1.35 bits per heavy atom. The number of halogens is 4. The van der Waals surface area contributed by atoms with Crippen molar-refractivity contribution in [3.63, 3.8) is 0 Å². The highest BCUT2D eigenvalue weighted by Gasteiger charge is 2.31. The van der Waals surface area contributed by atoms with Crippen LogP contribution < -0.4 is 5.32 Å². The van der Waals surface area contributed by atoms with Crippen molar-refractivity contribution in [1.82, 2.24) is 10.3 Å². The van der Waals surface area contributed by atoms with Crippen LogP contribution in [0.5, 0.6) is 0 Å². The molecule has 0 fully saturated rings. The molecule has 0 aliphatic rings. The number of alkyl halides is 4. The van der Waals surface area contributed by atoms with Gasteiger partial charge in [0.1, 0.15) is 5.69 Å². The van der Waals surface area contributed by atoms with Gasteiger partial charge in [-0.3, -0.25) is 9.78 Å². The summed E-state index contributed by atoms with van der Waals surface area (Å²) in [6, 6.07) is 1.93. The summed E-state index contributed by atoms with van der Waals surface area (Å²) in [5.74, 6) is -0.471. The lowest BCUT2D eigenvalue weighted by Crippen LogP contribution is -2.34. The first-order valence-corrected chi connectivity index (χ1v) is 7.15. The molecule has 20 heavy (non-hydrogen) atoms. The number of carbonyl (C=O) groups excluding carboxylic acids is 1. The Hall–Kier alpha value is -1.11. The minimum Gasteiger partial charge on any atom is -0.350 e. The molecule has 1 aromatic rings. The smallest absolute Gasteiger partial charge is 0.350 e. The van der Waals surface area contributed by atoms with Crippen molar-refractivity contribution in [3.05, 3.63) is 29.6 Å². The zero-order valence-electron chi connectivity index (χ0n) is 11.2. The van der Waals surface area contributed by atoms with Crippen LogP contribution in [0.1, 0.15) is 36.3 Å². The van der Waals surface area contributed by atoms with E-state index in [1.807, 2.05) is 13.8 Å². The van der Waals surface area contributed by atoms with E-state index in [-0.39, 0.29) is 11.1 Å². The molecule has 7 heteroatoms. The molecule has 3 nitrogen and oxygen atoms in total. The van der Waals surface area contributed by atoms with Crippen LogP contribution in [0.3, 0.4) is 0 Å². The molecule has 0 aliphatic heterocycles. The van der Waals surface area contributed by atoms with Crippen LogP contribution in [0.15, 0.2) is 18.3 Å². The molecular formula is C13H16BrF3N2O. The third kappa shape index (κ3) is 5.11. The first-order chi connectivity index (χ1) is 9.15. The Morgan fingerprint density at radius 2 is 2.00 bits per heavy atom. The highest BCUT2D eigenvalue weighted by atomic mass is 79.9. The highest BCUT2D eigenvalue weighted by Crippen LogP contribution is 2.28. The van der Waals surface area contributed by atoms with Crippen molar-refractivity contribution >= 4 is 21.8 Å². The molecule has 1 amide bonds. The van der Waals surface area contributed by atoms with Gasteiger partial charge in [-0.05, 0) is 24.0 Å². The summed E-state index contributed by atoms with van der Waals surface area (Å²) in [5.41, 5.74) is -0.980. The number of hydrogen-bond donors (Lipinski definition) is 1. The maximum absolute atomic E-state index is 12.4. The maximum Gasteiger partial charge on any atom is 0.417 e. The second-order valence-corrected chi connectivity index (χ2v) is 6.01. The lowest BCUT2D eigenvalue weighted by atomic mass is 9.90. The normalized spacial score (nSPS) is 12.3. The van der Waals surface area contributed by atoms with Crippen molar-refractivity contribution in [1.29, 1.82) is 0 Å². The lowest BCUT2D eigenvalue weighted by molar-refractivity contribution is -0.137. The molecular weight excluding hydrogens is 337 g/mol. The minimum absolute atomic E-state index is 0.0207. The fourth-order valence-electron chi connectivity index (χ4n) is 1.45. The quantitative estimate of drug-likeness (QED) is 0.822. The summed E-state index contributed by atoms with van der Waals surface area (Å²) in [6.07, 6.45) is -2.91. The standard InChI is InChI=1S/C13H16BrF3N2O/c1-12(2,5-6-14)8-19-11(20)10-4-3-9(7-18-10)13(15,16)17/h3-4,7H,5-6,8H2,1-2H3,(H,19,20). The summed E-state index contributed by atoms with van der Waals surface area (Å²) in [7, 11) is 0. The monoisotopic (exact) mass is 352 g/mol. The van der Waals surface area contributed by atoms with Crippen LogP contribution in [-0.2, 0) is 6.18 Å². The van der Waals surface area contributed by atoms with Gasteiger partial charge in [0.2, 0.25) is 0 Å². The van der Waals surface area contributed by atoms with Crippen LogP contribution in [0, 0.1) is 5.41 Å². The van der Waals surface area contributed by atoms with E-state index in [9.17, 15) is 18.0 Å². The van der Waals surface area contributed by atoms with Gasteiger partial charge in [0.25, 0.3) is 5.91 Å². The topological polar surface area (TPSA) is 42.0 Å². The van der Waals surface area contributed by atoms with E-state index in [1.165, 1.54) is 0 Å². The Bertz CT molecular complexity index is 458. The molecule has 0 saturated heterocycles. The Morgan fingerprint density at radius 3 is 2.45 bits per heavy atom. The second-order valence-electron chi connectivity index (χ2n) is 5.22. The Kier molecular flexibility index (Phi) is 5.56. The molecule has 112 valence electrons. The number of rotatable bonds is 5. The molecule has 1 heterocycles. The number of nitrogens with zero attached hydrogens (tertiary/aromatic N) is 1. The molecule has 0 spiro atoms. The summed E-state index contributed by atoms with van der Waals surface area (Å²) in [5, 5.41) is 3.49. The molecule has 1 aromatic heterocycles. The average Bonchev–Trinajstić information content (AvgIpc) is 2.35. The SMILES string of the molecule is CC(C)(CCBr)CNC(=O)c1ccc(C(F)(F)F)cn1. The van der Waals surface area contributed by atoms with Crippen LogP contribution in [0.4, 0.5) is 13.2 Å². The molecule has 0 aromatic carbocycles. The molecule has 0 aliphatic carbocycles. The number of aromatic nitrogens is 1. The maximum atomic E-state index is 12.4. The Balaban J connectivity index is 2.65. The molecule has 0 radical (unpaired) electrons. The number of amides is 1. The average molecular weight is 353 g/mol. The van der Waals surface area contributed by atoms with Gasteiger partial charge in [0.15, 0.2) is 0 Å². The molecule has 0 atom stereocenters. The van der Waals surface area contributed by atoms with Gasteiger partial charge < -0.3 is 5.32 Å². The third-order valence-corrected chi connectivity index (χ3v) is 3.22. The van der Waals surface area contributed by atoms with Gasteiger partial charge in [0, 0.05) is 18.1 Å². The van der Waals surface area contributed by atoms with Crippen LogP contribution >= 0.6 is 15.9 Å². The van der Waals surface area contributed by atoms with E-state index in [0.29, 0.717) is 12.7 Å². The largest absolute Gasteiger partial charge is 0.417 e. The minimum atomic E-state index is -4.44. The van der Waals surface area contributed by atoms with Gasteiger partial charge in [0.05, 0.1) is 5.56 Å². The van der Waals surface area contributed by atoms with Crippen molar-refractivity contribution in [2.75, 3.05) is 11.9 Å². The van der Waals surface area contributed by atoms with Gasteiger partial charge in [-0.1, -0.05) is 29.8 Å². The second kappa shape index (κ2) is 6.56. The molecule has 1 N–H and O–H groups in total. The predicted octanol–water partition coefficient (Wildman–Crippen LogP) is 3.64. The Labute approximate surface area is 124 Å². The molecule has 0 saturated carbocycles. The van der Waals surface area contributed by atoms with Crippen LogP contribution in [0.2, 0.25) is 0 Å². The first kappa shape index (κ1) is 16.9. The van der Waals surface area contributed by atoms with E-state index in [0.717, 1.165) is 23.9 Å². The summed E-state index contributed by atoms with van der Waals surface area (Å²) >= 11 is 3.33. The zero-order valence-corrected chi connectivity index (χ0v) is 12.8. The number of carbonyl (C=O) groups is 1. The van der Waals surface area contributed by atoms with E-state index >= 15 is 0 Å². The molecule has 0 unspecified atom stereocenters. The highest BCUT2D eigenvalue weighted by molar-refractivity contribution is 9.09. The summed E-state index contributed by atoms with van der Waals surface area (Å²) in [4.78, 5) is 15.3. The van der Waals surface area contributed by atoms with Crippen LogP contribution in [0.25, 0.3) is 0 Å². The van der Waals surface area contributed by atoms with E-state index in [1.54, 1.807) is 0 Å². The summed E-state index contributed by atoms with van der Waals surface area (Å²) < 4.78 is 37.1. The van der Waals surface area contributed by atoms with Gasteiger partial charge in [-0.25, -0.2) is 0 Å². The lowest BCUT2D eigenvalue weighted by Gasteiger charge is -2.23. The van der Waals surface area contributed by atoms with Crippen LogP contribution in [-0.4, -0.2) is 22.8 Å². The van der Waals surface area contributed by atoms with Crippen molar-refractivity contribution in [3.8, 4) is 0 Å². The third-order valence-electron chi connectivity index (χ3n) is 2.82. The fourth-order valence-corrected chi connectivity index (χ4v) is 2.52. The predicted molar refractivity (Wildman–Crippen MR) is 73.8 cm³/mol. The van der Waals surface area contributed by atoms with E-state index in [2.05, 4.69) is 26.2 Å². The number of nitrogens with one attached hydrogen (secondary N) is 1. The van der Waals surface area contributed by atoms with Gasteiger partial charge in [-0.2, -0.15) is 13.2 Å². The summed E-state index contributed by atoms with van der Waals surface area (Å²) in [6.45, 7) is 4.42. The number of pyridine rings is 1. The molecule has 1 rings (SSSR count). The fraction of sp³-hybridized carbons (Fsp3) is 0.538. The molecule has 0 bridgehead atoms. The van der Waals surface area contributed by atoms with E-state index < -0.39 is 17.6 Å². The number of hydrogen-bond acceptors (Lipinski definition) is 2. The van der Waals surface area contributed by atoms with Crippen molar-refractivity contribution in [2.24, 2.45) is 5.41 Å². The zero-order chi connectivity index (χ0) is 15.4. The van der Waals surface area contributed by atoms with Gasteiger partial charge in [-0.15, -0.1) is 0 Å². The first-order valence-electron chi connectivity index (χ1n) is 6.03. The van der Waals surface area contributed by atoms with E-state index in [4.69, 9.17) is 0 Å². The van der Waals surface area contributed by atoms with Crippen molar-refractivity contribution in [2.45, 2.75) is 26.4 Å². The van der Waals surface area contributed by atoms with Crippen molar-refractivity contribution < 1.29 is 18.0 Å².